The van der Waals surface area contributed by atoms with Gasteiger partial charge in [-0.2, -0.15) is 0 Å². The van der Waals surface area contributed by atoms with Crippen molar-refractivity contribution in [3.8, 4) is 11.1 Å². The smallest absolute Gasteiger partial charge is 0.339 e. The van der Waals surface area contributed by atoms with Crippen LogP contribution in [0.25, 0.3) is 11.1 Å². The molecule has 2 aromatic carbocycles. The van der Waals surface area contributed by atoms with Gasteiger partial charge in [0.15, 0.2) is 0 Å². The lowest BCUT2D eigenvalue weighted by atomic mass is 9.77. The summed E-state index contributed by atoms with van der Waals surface area (Å²) >= 11 is 0. The molecule has 34 heavy (non-hydrogen) atoms. The molecule has 0 aliphatic carbocycles. The van der Waals surface area contributed by atoms with Gasteiger partial charge in [-0.3, -0.25) is 0 Å². The molecule has 2 aromatic rings. The van der Waals surface area contributed by atoms with Crippen molar-refractivity contribution < 1.29 is 28.5 Å². The summed E-state index contributed by atoms with van der Waals surface area (Å²) in [4.78, 5) is 26.9. The second kappa shape index (κ2) is 9.16. The van der Waals surface area contributed by atoms with E-state index >= 15 is 0 Å². The van der Waals surface area contributed by atoms with Gasteiger partial charge in [0.1, 0.15) is 0 Å². The average molecular weight is 467 g/mol. The zero-order valence-electron chi connectivity index (χ0n) is 21.4. The summed E-state index contributed by atoms with van der Waals surface area (Å²) in [6.45, 7) is 17.0. The zero-order chi connectivity index (χ0) is 24.9. The number of esters is 2. The molecule has 2 atom stereocenters. The summed E-state index contributed by atoms with van der Waals surface area (Å²) in [5.74, 6) is -0.790. The van der Waals surface area contributed by atoms with E-state index in [0.29, 0.717) is 24.3 Å². The van der Waals surface area contributed by atoms with Crippen molar-refractivity contribution in [1.29, 1.82) is 0 Å². The van der Waals surface area contributed by atoms with Crippen LogP contribution in [0.3, 0.4) is 0 Å². The molecule has 182 valence electrons. The minimum Gasteiger partial charge on any atom is -0.462 e. The molecular formula is C28H34O6. The first-order valence-electron chi connectivity index (χ1n) is 12.0. The van der Waals surface area contributed by atoms with Gasteiger partial charge in [-0.1, -0.05) is 0 Å². The highest BCUT2D eigenvalue weighted by Crippen LogP contribution is 2.50. The summed E-state index contributed by atoms with van der Waals surface area (Å²) in [6, 6.07) is 0. The first kappa shape index (κ1) is 24.4. The van der Waals surface area contributed by atoms with Crippen LogP contribution in [-0.2, 0) is 32.2 Å². The fourth-order valence-corrected chi connectivity index (χ4v) is 5.47. The van der Waals surface area contributed by atoms with Gasteiger partial charge < -0.3 is 18.9 Å². The fourth-order valence-electron chi connectivity index (χ4n) is 5.47. The van der Waals surface area contributed by atoms with E-state index < -0.39 is 11.9 Å². The molecule has 0 spiro atoms. The first-order valence-corrected chi connectivity index (χ1v) is 12.0. The van der Waals surface area contributed by atoms with Gasteiger partial charge in [0.2, 0.25) is 0 Å². The fraction of sp³-hybridized carbons (Fsp3) is 0.500. The van der Waals surface area contributed by atoms with Gasteiger partial charge in [-0.05, 0) is 99.9 Å². The van der Waals surface area contributed by atoms with E-state index in [1.165, 1.54) is 0 Å². The second-order valence-electron chi connectivity index (χ2n) is 9.13. The van der Waals surface area contributed by atoms with Gasteiger partial charge in [0.05, 0.1) is 49.8 Å². The second-order valence-corrected chi connectivity index (χ2v) is 9.13. The molecule has 0 bridgehead atoms. The number of ether oxygens (including phenoxy) is 4. The third kappa shape index (κ3) is 3.55. The maximum atomic E-state index is 13.4. The Labute approximate surface area is 201 Å². The Bertz CT molecular complexity index is 1100. The van der Waals surface area contributed by atoms with E-state index in [0.717, 1.165) is 55.6 Å². The zero-order valence-corrected chi connectivity index (χ0v) is 21.4. The van der Waals surface area contributed by atoms with Crippen molar-refractivity contribution in [2.45, 2.75) is 80.8 Å². The van der Waals surface area contributed by atoms with Crippen LogP contribution in [0.5, 0.6) is 0 Å². The molecule has 2 aliphatic rings. The van der Waals surface area contributed by atoms with E-state index in [9.17, 15) is 9.59 Å². The van der Waals surface area contributed by atoms with Gasteiger partial charge >= 0.3 is 11.9 Å². The Morgan fingerprint density at radius 1 is 0.706 bits per heavy atom. The molecule has 0 amide bonds. The van der Waals surface area contributed by atoms with Crippen molar-refractivity contribution in [1.82, 2.24) is 0 Å². The molecule has 6 heteroatoms. The summed E-state index contributed by atoms with van der Waals surface area (Å²) in [6.07, 6.45) is -0.468. The molecule has 1 unspecified atom stereocenters. The topological polar surface area (TPSA) is 71.1 Å². The van der Waals surface area contributed by atoms with Crippen LogP contribution in [0.1, 0.15) is 105 Å². The lowest BCUT2D eigenvalue weighted by Crippen LogP contribution is -2.18. The quantitative estimate of drug-likeness (QED) is 0.494. The van der Waals surface area contributed by atoms with Crippen LogP contribution in [-0.4, -0.2) is 25.2 Å². The Kier molecular flexibility index (Phi) is 6.58. The van der Waals surface area contributed by atoms with E-state index in [1.807, 2.05) is 41.5 Å². The Morgan fingerprint density at radius 3 is 1.38 bits per heavy atom. The maximum absolute atomic E-state index is 13.4. The predicted molar refractivity (Wildman–Crippen MR) is 129 cm³/mol. The van der Waals surface area contributed by atoms with E-state index in [2.05, 4.69) is 0 Å². The molecule has 0 saturated carbocycles. The normalized spacial score (nSPS) is 18.6. The van der Waals surface area contributed by atoms with E-state index in [4.69, 9.17) is 18.9 Å². The van der Waals surface area contributed by atoms with Crippen LogP contribution in [0.4, 0.5) is 0 Å². The monoisotopic (exact) mass is 466 g/mol. The van der Waals surface area contributed by atoms with Crippen molar-refractivity contribution in [2.24, 2.45) is 0 Å². The summed E-state index contributed by atoms with van der Waals surface area (Å²) < 4.78 is 23.2. The van der Waals surface area contributed by atoms with Crippen LogP contribution in [0.15, 0.2) is 0 Å². The Hall–Kier alpha value is -2.70. The van der Waals surface area contributed by atoms with Crippen molar-refractivity contribution in [2.75, 3.05) is 13.2 Å². The third-order valence-electron chi connectivity index (χ3n) is 7.45. The number of benzene rings is 2. The highest BCUT2D eigenvalue weighted by molar-refractivity contribution is 6.07. The number of fused-ring (bicyclic) bond motifs is 2. The standard InChI is InChI=1S/C28H34O6/c1-9-31-27(29)21-15(5)13(3)19-11-33-17(7)23(19)25(21)26-22(28(30)32-10-2)16(6)14(4)20-12-34-18(8)24(20)26/h17-18H,9-12H2,1-8H3/t17-,18?/m1/s1. The summed E-state index contributed by atoms with van der Waals surface area (Å²) in [5.41, 5.74) is 10.2. The average Bonchev–Trinajstić information content (AvgIpc) is 3.36. The first-order chi connectivity index (χ1) is 16.1. The van der Waals surface area contributed by atoms with Gasteiger partial charge in [-0.25, -0.2) is 9.59 Å². The highest BCUT2D eigenvalue weighted by atomic mass is 16.5. The Balaban J connectivity index is 2.24. The molecule has 4 rings (SSSR count). The number of carbonyl (C=O) groups excluding carboxylic acids is 2. The molecule has 0 aromatic heterocycles. The molecule has 2 aliphatic heterocycles. The SMILES string of the molecule is CCOC(=O)c1c(C)c(C)c2c(c1-c1c(C(=O)OCC)c(C)c(C)c3c1[C@@H](C)OC3)C(C)OC2. The van der Waals surface area contributed by atoms with Gasteiger partial charge in [0, 0.05) is 11.1 Å². The molecule has 2 heterocycles. The van der Waals surface area contributed by atoms with Crippen LogP contribution in [0.2, 0.25) is 0 Å². The lowest BCUT2D eigenvalue weighted by molar-refractivity contribution is 0.0513. The number of carbonyl (C=O) groups is 2. The number of hydrogen-bond donors (Lipinski definition) is 0. The molecule has 0 N–H and O–H groups in total. The number of rotatable bonds is 5. The largest absolute Gasteiger partial charge is 0.462 e. The maximum Gasteiger partial charge on any atom is 0.339 e. The molecule has 6 nitrogen and oxygen atoms in total. The van der Waals surface area contributed by atoms with Crippen LogP contribution < -0.4 is 0 Å². The van der Waals surface area contributed by atoms with E-state index in [1.54, 1.807) is 13.8 Å². The molecule has 0 fully saturated rings. The minimum absolute atomic E-state index is 0.234. The van der Waals surface area contributed by atoms with Gasteiger partial charge in [-0.15, -0.1) is 0 Å². The highest BCUT2D eigenvalue weighted by Gasteiger charge is 2.39. The molecule has 0 saturated heterocycles. The predicted octanol–water partition coefficient (Wildman–Crippen LogP) is 6.12. The van der Waals surface area contributed by atoms with Crippen molar-refractivity contribution in [3.05, 3.63) is 55.6 Å². The van der Waals surface area contributed by atoms with Crippen LogP contribution in [0, 0.1) is 27.7 Å². The summed E-state index contributed by atoms with van der Waals surface area (Å²) in [5, 5.41) is 0. The molecule has 0 radical (unpaired) electrons. The lowest BCUT2D eigenvalue weighted by Gasteiger charge is -2.26. The Morgan fingerprint density at radius 2 is 1.06 bits per heavy atom. The minimum atomic E-state index is -0.395. The van der Waals surface area contributed by atoms with Crippen molar-refractivity contribution >= 4 is 11.9 Å². The molecular weight excluding hydrogens is 432 g/mol. The van der Waals surface area contributed by atoms with Crippen molar-refractivity contribution in [3.63, 3.8) is 0 Å². The number of hydrogen-bond acceptors (Lipinski definition) is 6. The summed E-state index contributed by atoms with van der Waals surface area (Å²) in [7, 11) is 0. The van der Waals surface area contributed by atoms with E-state index in [-0.39, 0.29) is 25.4 Å². The van der Waals surface area contributed by atoms with Gasteiger partial charge in [0.25, 0.3) is 0 Å². The van der Waals surface area contributed by atoms with Crippen LogP contribution >= 0.6 is 0 Å². The third-order valence-corrected chi connectivity index (χ3v) is 7.45.